The SMILES string of the molecule is c1ccc(Oc2ccc3cc(-c4ccc5c(c4)C(c4ccccc4)(c4ccccc4)c4cc([Si](c6ccccc6)(c6ccccc6)c6ccccc6)ccc4-5)ccc3c2)cc1. The molecule has 0 aromatic heterocycles. The van der Waals surface area contributed by atoms with E-state index in [1.807, 2.05) is 30.3 Å². The van der Waals surface area contributed by atoms with E-state index in [0.717, 1.165) is 16.9 Å². The summed E-state index contributed by atoms with van der Waals surface area (Å²) in [6.45, 7) is 0. The molecule has 0 fully saturated rings. The van der Waals surface area contributed by atoms with E-state index in [9.17, 15) is 0 Å². The quantitative estimate of drug-likeness (QED) is 0.104. The fourth-order valence-corrected chi connectivity index (χ4v) is 14.8. The van der Waals surface area contributed by atoms with Gasteiger partial charge in [0.15, 0.2) is 8.07 Å². The fourth-order valence-electron chi connectivity index (χ4n) is 10.1. The topological polar surface area (TPSA) is 9.23 Å². The van der Waals surface area contributed by atoms with Gasteiger partial charge in [0.25, 0.3) is 0 Å². The van der Waals surface area contributed by atoms with Crippen molar-refractivity contribution in [2.75, 3.05) is 0 Å². The van der Waals surface area contributed by atoms with Gasteiger partial charge in [0.2, 0.25) is 0 Å². The predicted octanol–water partition coefficient (Wildman–Crippen LogP) is 12.0. The maximum Gasteiger partial charge on any atom is 0.179 e. The lowest BCUT2D eigenvalue weighted by molar-refractivity contribution is 0.483. The second kappa shape index (κ2) is 15.3. The van der Waals surface area contributed by atoms with Crippen LogP contribution in [0.3, 0.4) is 0 Å². The van der Waals surface area contributed by atoms with Gasteiger partial charge in [-0.25, -0.2) is 0 Å². The van der Waals surface area contributed by atoms with Gasteiger partial charge in [-0.2, -0.15) is 0 Å². The Bertz CT molecular complexity index is 2990. The minimum Gasteiger partial charge on any atom is -0.457 e. The van der Waals surface area contributed by atoms with Crippen molar-refractivity contribution < 1.29 is 4.74 Å². The Morgan fingerprint density at radius 2 is 0.721 bits per heavy atom. The Labute approximate surface area is 358 Å². The van der Waals surface area contributed by atoms with E-state index >= 15 is 0 Å². The number of hydrogen-bond acceptors (Lipinski definition) is 1. The van der Waals surface area contributed by atoms with Gasteiger partial charge in [0, 0.05) is 0 Å². The Morgan fingerprint density at radius 1 is 0.295 bits per heavy atom. The normalized spacial score (nSPS) is 12.7. The monoisotopic (exact) mass is 794 g/mol. The third-order valence-electron chi connectivity index (χ3n) is 12.7. The molecule has 61 heavy (non-hydrogen) atoms. The fraction of sp³-hybridized carbons (Fsp3) is 0.0169. The Balaban J connectivity index is 1.14. The van der Waals surface area contributed by atoms with E-state index in [-0.39, 0.29) is 0 Å². The van der Waals surface area contributed by atoms with Crippen LogP contribution in [-0.4, -0.2) is 8.07 Å². The molecule has 0 heterocycles. The molecule has 0 amide bonds. The van der Waals surface area contributed by atoms with Crippen LogP contribution in [0.25, 0.3) is 33.0 Å². The Hall–Kier alpha value is -7.52. The summed E-state index contributed by atoms with van der Waals surface area (Å²) in [5.74, 6) is 1.66. The van der Waals surface area contributed by atoms with E-state index in [0.29, 0.717) is 0 Å². The number of benzene rings is 10. The molecule has 0 spiro atoms. The van der Waals surface area contributed by atoms with Gasteiger partial charge in [-0.15, -0.1) is 0 Å². The molecule has 11 rings (SSSR count). The minimum absolute atomic E-state index is 0.579. The van der Waals surface area contributed by atoms with Crippen LogP contribution in [0.2, 0.25) is 0 Å². The maximum absolute atomic E-state index is 6.20. The van der Waals surface area contributed by atoms with Gasteiger partial charge in [0.05, 0.1) is 5.41 Å². The third-order valence-corrected chi connectivity index (χ3v) is 17.5. The van der Waals surface area contributed by atoms with Crippen LogP contribution in [0.1, 0.15) is 22.3 Å². The van der Waals surface area contributed by atoms with Crippen molar-refractivity contribution in [1.82, 2.24) is 0 Å². The van der Waals surface area contributed by atoms with Crippen molar-refractivity contribution >= 4 is 39.6 Å². The molecule has 1 aliphatic carbocycles. The maximum atomic E-state index is 6.20. The van der Waals surface area contributed by atoms with Gasteiger partial charge < -0.3 is 4.74 Å². The number of fused-ring (bicyclic) bond motifs is 4. The Kier molecular flexibility index (Phi) is 9.14. The summed E-state index contributed by atoms with van der Waals surface area (Å²) in [7, 11) is -2.84. The summed E-state index contributed by atoms with van der Waals surface area (Å²) < 4.78 is 6.20. The lowest BCUT2D eigenvalue weighted by Crippen LogP contribution is -2.74. The largest absolute Gasteiger partial charge is 0.457 e. The van der Waals surface area contributed by atoms with Crippen molar-refractivity contribution in [2.45, 2.75) is 5.41 Å². The average Bonchev–Trinajstić information content (AvgIpc) is 3.63. The molecule has 0 aliphatic heterocycles. The van der Waals surface area contributed by atoms with E-state index in [1.54, 1.807) is 0 Å². The number of rotatable bonds is 9. The smallest absolute Gasteiger partial charge is 0.179 e. The molecule has 288 valence electrons. The lowest BCUT2D eigenvalue weighted by atomic mass is 9.67. The van der Waals surface area contributed by atoms with E-state index in [4.69, 9.17) is 4.74 Å². The van der Waals surface area contributed by atoms with Crippen molar-refractivity contribution in [3.8, 4) is 33.8 Å². The third kappa shape index (κ3) is 6.07. The molecular formula is C59H42OSi. The highest BCUT2D eigenvalue weighted by Gasteiger charge is 2.48. The van der Waals surface area contributed by atoms with E-state index in [2.05, 4.69) is 224 Å². The summed E-state index contributed by atoms with van der Waals surface area (Å²) in [6, 6.07) is 93.8. The predicted molar refractivity (Wildman–Crippen MR) is 257 cm³/mol. The van der Waals surface area contributed by atoms with Crippen LogP contribution in [0.5, 0.6) is 11.5 Å². The van der Waals surface area contributed by atoms with E-state index < -0.39 is 13.5 Å². The summed E-state index contributed by atoms with van der Waals surface area (Å²) in [5, 5.41) is 7.78. The standard InChI is InChI=1S/C59H42OSi/c1-7-19-47(20-8-1)59(48-21-9-2-10-22-48)57-41-46(43-31-32-45-40-50(35-33-44(45)39-43)60-49-23-11-3-12-24-49)34-37-55(57)56-38-36-54(42-58(56)59)61(51-25-13-4-14-26-51,52-27-15-5-16-28-52)53-29-17-6-18-30-53/h1-42H. The molecule has 0 saturated carbocycles. The molecule has 0 bridgehead atoms. The minimum atomic E-state index is -2.84. The molecule has 0 N–H and O–H groups in total. The van der Waals surface area contributed by atoms with E-state index in [1.165, 1.54) is 70.6 Å². The van der Waals surface area contributed by atoms with Crippen LogP contribution in [0, 0.1) is 0 Å². The highest BCUT2D eigenvalue weighted by molar-refractivity contribution is 7.19. The summed E-state index contributed by atoms with van der Waals surface area (Å²) in [4.78, 5) is 0. The molecule has 0 saturated heterocycles. The van der Waals surface area contributed by atoms with Crippen LogP contribution < -0.4 is 25.5 Å². The van der Waals surface area contributed by atoms with Crippen LogP contribution >= 0.6 is 0 Å². The van der Waals surface area contributed by atoms with Crippen LogP contribution in [0.15, 0.2) is 255 Å². The van der Waals surface area contributed by atoms with Crippen molar-refractivity contribution in [2.24, 2.45) is 0 Å². The van der Waals surface area contributed by atoms with Crippen LogP contribution in [0.4, 0.5) is 0 Å². The summed E-state index contributed by atoms with van der Waals surface area (Å²) in [5.41, 5.74) is 9.47. The van der Waals surface area contributed by atoms with Crippen molar-refractivity contribution in [3.63, 3.8) is 0 Å². The molecular weight excluding hydrogens is 753 g/mol. The van der Waals surface area contributed by atoms with Gasteiger partial charge in [-0.3, -0.25) is 0 Å². The first-order valence-electron chi connectivity index (χ1n) is 21.1. The van der Waals surface area contributed by atoms with Gasteiger partial charge in [0.1, 0.15) is 11.5 Å². The van der Waals surface area contributed by atoms with Gasteiger partial charge in [-0.1, -0.05) is 218 Å². The zero-order valence-electron chi connectivity index (χ0n) is 33.7. The highest BCUT2D eigenvalue weighted by Crippen LogP contribution is 2.56. The number of para-hydroxylation sites is 1. The molecule has 10 aromatic rings. The van der Waals surface area contributed by atoms with Crippen molar-refractivity contribution in [1.29, 1.82) is 0 Å². The molecule has 10 aromatic carbocycles. The first-order chi connectivity index (χ1) is 30.2. The van der Waals surface area contributed by atoms with Crippen LogP contribution in [-0.2, 0) is 5.41 Å². The molecule has 0 unspecified atom stereocenters. The molecule has 0 radical (unpaired) electrons. The molecule has 2 heteroatoms. The average molecular weight is 795 g/mol. The highest BCUT2D eigenvalue weighted by atomic mass is 28.3. The lowest BCUT2D eigenvalue weighted by Gasteiger charge is -2.37. The number of hydrogen-bond donors (Lipinski definition) is 0. The summed E-state index contributed by atoms with van der Waals surface area (Å²) >= 11 is 0. The second-order valence-electron chi connectivity index (χ2n) is 16.0. The zero-order chi connectivity index (χ0) is 40.6. The molecule has 0 atom stereocenters. The second-order valence-corrected chi connectivity index (χ2v) is 19.8. The van der Waals surface area contributed by atoms with Crippen molar-refractivity contribution in [3.05, 3.63) is 277 Å². The van der Waals surface area contributed by atoms with Gasteiger partial charge >= 0.3 is 0 Å². The number of ether oxygens (including phenoxy) is 1. The first-order valence-corrected chi connectivity index (χ1v) is 23.1. The first kappa shape index (κ1) is 36.5. The molecule has 1 aliphatic rings. The molecule has 1 nitrogen and oxygen atoms in total. The zero-order valence-corrected chi connectivity index (χ0v) is 34.7. The summed E-state index contributed by atoms with van der Waals surface area (Å²) in [6.07, 6.45) is 0. The Morgan fingerprint density at radius 3 is 1.28 bits per heavy atom. The van der Waals surface area contributed by atoms with Gasteiger partial charge in [-0.05, 0) is 112 Å².